The number of carbonyl (C=O) groups is 2. The van der Waals surface area contributed by atoms with E-state index in [0.717, 1.165) is 12.1 Å². The molecule has 36 heavy (non-hydrogen) atoms. The molecule has 2 amide bonds. The van der Waals surface area contributed by atoms with Crippen molar-refractivity contribution >= 4 is 34.6 Å². The normalized spacial score (nSPS) is 12.4. The number of hydrogen-bond acceptors (Lipinski definition) is 10. The Labute approximate surface area is 206 Å². The molecule has 2 rings (SSSR count). The van der Waals surface area contributed by atoms with Crippen LogP contribution in [0.4, 0.5) is 22.7 Å². The van der Waals surface area contributed by atoms with Crippen LogP contribution >= 0.6 is 0 Å². The van der Waals surface area contributed by atoms with Crippen LogP contribution in [0.5, 0.6) is 0 Å². The summed E-state index contributed by atoms with van der Waals surface area (Å²) in [6, 6.07) is 7.64. The Morgan fingerprint density at radius 3 is 1.44 bits per heavy atom. The Balaban J connectivity index is 2.23. The molecule has 0 radical (unpaired) electrons. The van der Waals surface area contributed by atoms with Crippen LogP contribution in [0.15, 0.2) is 36.4 Å². The SMILES string of the molecule is CCO[C@@H](CNc1ccc(C(N)=O)cc1[N+](=O)[O-])[C@H](CNc1ccc(C(N)=O)cc1[N+](=O)[O-])OCC. The number of hydrogen-bond donors (Lipinski definition) is 4. The molecule has 0 aliphatic rings. The number of nitrogens with two attached hydrogens (primary N) is 2. The number of primary amides is 2. The summed E-state index contributed by atoms with van der Waals surface area (Å²) < 4.78 is 11.6. The number of benzene rings is 2. The predicted octanol–water partition coefficient (Wildman–Crippen LogP) is 2.03. The van der Waals surface area contributed by atoms with Crippen molar-refractivity contribution in [3.05, 3.63) is 67.8 Å². The zero-order valence-corrected chi connectivity index (χ0v) is 19.8. The van der Waals surface area contributed by atoms with Gasteiger partial charge in [-0.05, 0) is 38.1 Å². The molecule has 0 spiro atoms. The third-order valence-corrected chi connectivity index (χ3v) is 5.12. The third-order valence-electron chi connectivity index (χ3n) is 5.12. The molecule has 14 nitrogen and oxygen atoms in total. The molecule has 14 heteroatoms. The lowest BCUT2D eigenvalue weighted by Crippen LogP contribution is -2.42. The van der Waals surface area contributed by atoms with Gasteiger partial charge in [0.25, 0.3) is 11.4 Å². The number of nitrogens with zero attached hydrogens (tertiary/aromatic N) is 2. The molecule has 0 aliphatic carbocycles. The van der Waals surface area contributed by atoms with Gasteiger partial charge in [-0.25, -0.2) is 0 Å². The minimum Gasteiger partial charge on any atom is -0.377 e. The fraction of sp³-hybridized carbons (Fsp3) is 0.364. The van der Waals surface area contributed by atoms with E-state index in [0.29, 0.717) is 13.2 Å². The number of ether oxygens (including phenoxy) is 2. The molecule has 0 bridgehead atoms. The van der Waals surface area contributed by atoms with Gasteiger partial charge >= 0.3 is 0 Å². The Hall–Kier alpha value is -4.30. The molecule has 0 fully saturated rings. The van der Waals surface area contributed by atoms with E-state index < -0.39 is 33.9 Å². The topological polar surface area (TPSA) is 215 Å². The monoisotopic (exact) mass is 504 g/mol. The Bertz CT molecular complexity index is 1040. The van der Waals surface area contributed by atoms with Gasteiger partial charge in [0.1, 0.15) is 23.6 Å². The highest BCUT2D eigenvalue weighted by atomic mass is 16.6. The summed E-state index contributed by atoms with van der Waals surface area (Å²) in [5.41, 5.74) is 10.0. The van der Waals surface area contributed by atoms with E-state index in [-0.39, 0.29) is 47.0 Å². The van der Waals surface area contributed by atoms with Gasteiger partial charge in [0.15, 0.2) is 0 Å². The van der Waals surface area contributed by atoms with Crippen molar-refractivity contribution < 1.29 is 28.9 Å². The van der Waals surface area contributed by atoms with Crippen LogP contribution < -0.4 is 22.1 Å². The van der Waals surface area contributed by atoms with Gasteiger partial charge in [-0.3, -0.25) is 29.8 Å². The van der Waals surface area contributed by atoms with Crippen LogP contribution in [0.3, 0.4) is 0 Å². The first-order valence-electron chi connectivity index (χ1n) is 11.0. The molecule has 0 saturated carbocycles. The number of carbonyl (C=O) groups excluding carboxylic acids is 2. The van der Waals surface area contributed by atoms with Crippen molar-refractivity contribution in [2.75, 3.05) is 36.9 Å². The molecule has 0 unspecified atom stereocenters. The molecule has 2 atom stereocenters. The van der Waals surface area contributed by atoms with Crippen molar-refractivity contribution in [1.29, 1.82) is 0 Å². The highest BCUT2D eigenvalue weighted by molar-refractivity contribution is 5.95. The third kappa shape index (κ3) is 7.35. The molecule has 2 aromatic carbocycles. The number of nitrogens with one attached hydrogen (secondary N) is 2. The quantitative estimate of drug-likeness (QED) is 0.204. The Kier molecular flexibility index (Phi) is 10.1. The lowest BCUT2D eigenvalue weighted by molar-refractivity contribution is -0.384. The van der Waals surface area contributed by atoms with Crippen LogP contribution in [0, 0.1) is 20.2 Å². The maximum Gasteiger partial charge on any atom is 0.293 e. The fourth-order valence-corrected chi connectivity index (χ4v) is 3.42. The van der Waals surface area contributed by atoms with Crippen molar-refractivity contribution in [3.63, 3.8) is 0 Å². The van der Waals surface area contributed by atoms with Gasteiger partial charge in [0.2, 0.25) is 11.8 Å². The van der Waals surface area contributed by atoms with Gasteiger partial charge in [-0.2, -0.15) is 0 Å². The van der Waals surface area contributed by atoms with Crippen LogP contribution in [-0.4, -0.2) is 60.2 Å². The number of rotatable bonds is 15. The molecule has 0 saturated heterocycles. The highest BCUT2D eigenvalue weighted by Gasteiger charge is 2.26. The number of nitro benzene ring substituents is 2. The standard InChI is InChI=1S/C22H28N6O8/c1-3-35-19(11-25-15-7-5-13(21(23)29)9-17(15)27(31)32)20(36-4-2)12-26-16-8-6-14(22(24)30)10-18(16)28(33)34/h5-10,19-20,25-26H,3-4,11-12H2,1-2H3,(H2,23,29)(H2,24,30)/t19-,20-/m0/s1. The summed E-state index contributed by atoms with van der Waals surface area (Å²) in [5.74, 6) is -1.59. The molecular weight excluding hydrogens is 476 g/mol. The van der Waals surface area contributed by atoms with E-state index in [9.17, 15) is 29.8 Å². The van der Waals surface area contributed by atoms with Crippen molar-refractivity contribution in [2.45, 2.75) is 26.1 Å². The summed E-state index contributed by atoms with van der Waals surface area (Å²) in [6.07, 6.45) is -1.25. The second kappa shape index (κ2) is 13.0. The van der Waals surface area contributed by atoms with Crippen molar-refractivity contribution in [1.82, 2.24) is 0 Å². The van der Waals surface area contributed by atoms with E-state index in [2.05, 4.69) is 10.6 Å². The molecule has 2 aromatic rings. The van der Waals surface area contributed by atoms with E-state index >= 15 is 0 Å². The van der Waals surface area contributed by atoms with Crippen LogP contribution in [0.1, 0.15) is 34.6 Å². The molecule has 194 valence electrons. The maximum atomic E-state index is 11.5. The summed E-state index contributed by atoms with van der Waals surface area (Å²) in [6.45, 7) is 4.29. The van der Waals surface area contributed by atoms with Crippen LogP contribution in [0.25, 0.3) is 0 Å². The van der Waals surface area contributed by atoms with Gasteiger partial charge in [-0.1, -0.05) is 0 Å². The minimum atomic E-state index is -0.794. The maximum absolute atomic E-state index is 11.5. The first-order chi connectivity index (χ1) is 17.1. The van der Waals surface area contributed by atoms with E-state index in [1.807, 2.05) is 0 Å². The summed E-state index contributed by atoms with van der Waals surface area (Å²) in [5, 5.41) is 28.9. The zero-order chi connectivity index (χ0) is 26.8. The van der Waals surface area contributed by atoms with Gasteiger partial charge in [0.05, 0.1) is 9.85 Å². The van der Waals surface area contributed by atoms with Crippen molar-refractivity contribution in [2.24, 2.45) is 11.5 Å². The fourth-order valence-electron chi connectivity index (χ4n) is 3.42. The zero-order valence-electron chi connectivity index (χ0n) is 19.8. The van der Waals surface area contributed by atoms with E-state index in [1.165, 1.54) is 24.3 Å². The highest BCUT2D eigenvalue weighted by Crippen LogP contribution is 2.27. The minimum absolute atomic E-state index is 0.00560. The molecule has 0 aliphatic heterocycles. The average molecular weight is 505 g/mol. The Morgan fingerprint density at radius 2 is 1.17 bits per heavy atom. The number of amides is 2. The Morgan fingerprint density at radius 1 is 0.806 bits per heavy atom. The number of nitro groups is 2. The largest absolute Gasteiger partial charge is 0.377 e. The lowest BCUT2D eigenvalue weighted by Gasteiger charge is -2.28. The first kappa shape index (κ1) is 27.9. The molecule has 0 aromatic heterocycles. The molecular formula is C22H28N6O8. The second-order valence-corrected chi connectivity index (χ2v) is 7.46. The van der Waals surface area contributed by atoms with Gasteiger partial charge in [-0.15, -0.1) is 0 Å². The van der Waals surface area contributed by atoms with Gasteiger partial charge < -0.3 is 31.6 Å². The van der Waals surface area contributed by atoms with Crippen LogP contribution in [-0.2, 0) is 9.47 Å². The molecule has 6 N–H and O–H groups in total. The van der Waals surface area contributed by atoms with Crippen molar-refractivity contribution in [3.8, 4) is 0 Å². The molecule has 0 heterocycles. The van der Waals surface area contributed by atoms with E-state index in [4.69, 9.17) is 20.9 Å². The summed E-state index contributed by atoms with van der Waals surface area (Å²) in [4.78, 5) is 44.4. The van der Waals surface area contributed by atoms with Gasteiger partial charge in [0, 0.05) is 49.6 Å². The van der Waals surface area contributed by atoms with E-state index in [1.54, 1.807) is 13.8 Å². The number of anilines is 2. The van der Waals surface area contributed by atoms with Crippen LogP contribution in [0.2, 0.25) is 0 Å². The predicted molar refractivity (Wildman–Crippen MR) is 131 cm³/mol. The second-order valence-electron chi connectivity index (χ2n) is 7.46. The summed E-state index contributed by atoms with van der Waals surface area (Å²) in [7, 11) is 0. The smallest absolute Gasteiger partial charge is 0.293 e. The summed E-state index contributed by atoms with van der Waals surface area (Å²) >= 11 is 0. The lowest BCUT2D eigenvalue weighted by atomic mass is 10.1. The first-order valence-corrected chi connectivity index (χ1v) is 11.0. The average Bonchev–Trinajstić information content (AvgIpc) is 2.83.